The normalized spacial score (nSPS) is 13.6. The van der Waals surface area contributed by atoms with Gasteiger partial charge in [0.2, 0.25) is 0 Å². The van der Waals surface area contributed by atoms with Gasteiger partial charge in [0.15, 0.2) is 0 Å². The molecular weight excluding hydrogens is 559 g/mol. The van der Waals surface area contributed by atoms with Gasteiger partial charge in [0.1, 0.15) is 11.6 Å². The number of carboxylic acid groups (broad SMARTS) is 1. The molecular formula is C32H37NO2S4. The summed E-state index contributed by atoms with van der Waals surface area (Å²) in [6.07, 6.45) is 14.1. The van der Waals surface area contributed by atoms with Crippen molar-refractivity contribution < 1.29 is 9.90 Å². The molecule has 0 aromatic heterocycles. The first-order valence-corrected chi connectivity index (χ1v) is 17.3. The number of hydrogen-bond donors (Lipinski definition) is 1. The summed E-state index contributed by atoms with van der Waals surface area (Å²) >= 11 is 7.94. The van der Waals surface area contributed by atoms with Crippen molar-refractivity contribution in [3.8, 4) is 17.2 Å². The van der Waals surface area contributed by atoms with Crippen LogP contribution in [0.1, 0.15) is 76.3 Å². The smallest absolute Gasteiger partial charge is 0.346 e. The maximum absolute atomic E-state index is 11.1. The predicted octanol–water partition coefficient (Wildman–Crippen LogP) is 10.9. The minimum absolute atomic E-state index is 0.270. The molecule has 3 nitrogen and oxygen atoms in total. The molecule has 0 aliphatic carbocycles. The number of aliphatic carboxylic acids is 1. The van der Waals surface area contributed by atoms with Crippen LogP contribution in [0.25, 0.3) is 23.3 Å². The van der Waals surface area contributed by atoms with E-state index in [0.717, 1.165) is 11.1 Å². The SMILES string of the molecule is CCCCCCSC1=C(SCCCCCC)SC(=Cc2ccc(-c3ccc(/C=C(/C#N)C(=O)O)cc3)cc2)S1. The van der Waals surface area contributed by atoms with E-state index < -0.39 is 5.97 Å². The Morgan fingerprint density at radius 3 is 1.72 bits per heavy atom. The Morgan fingerprint density at radius 2 is 1.28 bits per heavy atom. The highest BCUT2D eigenvalue weighted by atomic mass is 32.3. The minimum atomic E-state index is -1.21. The van der Waals surface area contributed by atoms with Crippen LogP contribution in [0, 0.1) is 11.3 Å². The molecule has 206 valence electrons. The first-order valence-electron chi connectivity index (χ1n) is 13.7. The third kappa shape index (κ3) is 10.8. The van der Waals surface area contributed by atoms with Crippen molar-refractivity contribution in [2.24, 2.45) is 0 Å². The number of nitrogens with zero attached hydrogens (tertiary/aromatic N) is 1. The van der Waals surface area contributed by atoms with E-state index in [9.17, 15) is 4.79 Å². The molecule has 1 heterocycles. The lowest BCUT2D eigenvalue weighted by atomic mass is 10.0. The number of benzene rings is 2. The summed E-state index contributed by atoms with van der Waals surface area (Å²) in [5.74, 6) is 1.19. The fourth-order valence-electron chi connectivity index (χ4n) is 3.90. The second-order valence-electron chi connectivity index (χ2n) is 9.28. The molecule has 0 bridgehead atoms. The van der Waals surface area contributed by atoms with Gasteiger partial charge in [0.05, 0.1) is 12.7 Å². The van der Waals surface area contributed by atoms with Gasteiger partial charge in [-0.15, -0.1) is 23.5 Å². The molecule has 0 fully saturated rings. The number of thioether (sulfide) groups is 4. The highest BCUT2D eigenvalue weighted by molar-refractivity contribution is 8.40. The molecule has 2 aromatic rings. The Hall–Kier alpha value is -1.98. The Kier molecular flexibility index (Phi) is 14.3. The maximum Gasteiger partial charge on any atom is 0.346 e. The highest BCUT2D eigenvalue weighted by Gasteiger charge is 2.22. The van der Waals surface area contributed by atoms with E-state index in [1.807, 2.05) is 71.3 Å². The van der Waals surface area contributed by atoms with Crippen LogP contribution in [0.5, 0.6) is 0 Å². The van der Waals surface area contributed by atoms with Gasteiger partial charge in [-0.2, -0.15) is 5.26 Å². The van der Waals surface area contributed by atoms with Gasteiger partial charge in [-0.05, 0) is 58.8 Å². The van der Waals surface area contributed by atoms with Gasteiger partial charge in [0, 0.05) is 0 Å². The Labute approximate surface area is 251 Å². The molecule has 0 spiro atoms. The molecule has 0 radical (unpaired) electrons. The lowest BCUT2D eigenvalue weighted by Gasteiger charge is -2.05. The number of unbranched alkanes of at least 4 members (excludes halogenated alkanes) is 6. The molecule has 1 aliphatic heterocycles. The minimum Gasteiger partial charge on any atom is -0.477 e. The number of rotatable bonds is 16. The van der Waals surface area contributed by atoms with Gasteiger partial charge >= 0.3 is 5.97 Å². The van der Waals surface area contributed by atoms with Gasteiger partial charge < -0.3 is 5.11 Å². The fourth-order valence-corrected chi connectivity index (χ4v) is 9.82. The second-order valence-corrected chi connectivity index (χ2v) is 14.4. The first kappa shape index (κ1) is 31.5. The summed E-state index contributed by atoms with van der Waals surface area (Å²) in [4.78, 5) is 11.1. The van der Waals surface area contributed by atoms with E-state index in [1.165, 1.54) is 87.2 Å². The molecule has 1 N–H and O–H groups in total. The van der Waals surface area contributed by atoms with E-state index >= 15 is 0 Å². The third-order valence-electron chi connectivity index (χ3n) is 6.12. The zero-order valence-electron chi connectivity index (χ0n) is 22.8. The first-order chi connectivity index (χ1) is 19.0. The Morgan fingerprint density at radius 1 is 0.795 bits per heavy atom. The standard InChI is InChI=1S/C32H37NO2S4/c1-3-5-7-9-19-36-31-32(37-20-10-8-6-4-2)39-29(38-31)22-25-13-17-27(18-14-25)26-15-11-24(12-16-26)21-28(23-33)30(34)35/h11-18,21-22H,3-10,19-20H2,1-2H3,(H,34,35)/b28-21-. The fraction of sp³-hybridized carbons (Fsp3) is 0.375. The second kappa shape index (κ2) is 17.7. The zero-order chi connectivity index (χ0) is 27.9. The van der Waals surface area contributed by atoms with Crippen molar-refractivity contribution in [3.05, 3.63) is 77.9 Å². The average molecular weight is 596 g/mol. The van der Waals surface area contributed by atoms with Crippen molar-refractivity contribution in [2.75, 3.05) is 11.5 Å². The molecule has 0 saturated heterocycles. The molecule has 0 unspecified atom stereocenters. The number of nitriles is 1. The lowest BCUT2D eigenvalue weighted by molar-refractivity contribution is -0.132. The summed E-state index contributed by atoms with van der Waals surface area (Å²) in [5.41, 5.74) is 3.76. The average Bonchev–Trinajstić information content (AvgIpc) is 3.33. The van der Waals surface area contributed by atoms with E-state index in [-0.39, 0.29) is 5.57 Å². The summed E-state index contributed by atoms with van der Waals surface area (Å²) < 4.78 is 4.31. The van der Waals surface area contributed by atoms with E-state index in [1.54, 1.807) is 6.07 Å². The van der Waals surface area contributed by atoms with E-state index in [4.69, 9.17) is 10.4 Å². The lowest BCUT2D eigenvalue weighted by Crippen LogP contribution is -1.97. The molecule has 39 heavy (non-hydrogen) atoms. The van der Waals surface area contributed by atoms with E-state index in [2.05, 4.69) is 44.2 Å². The van der Waals surface area contributed by atoms with E-state index in [0.29, 0.717) is 5.56 Å². The van der Waals surface area contributed by atoms with Crippen LogP contribution in [0.4, 0.5) is 0 Å². The summed E-state index contributed by atoms with van der Waals surface area (Å²) in [6, 6.07) is 17.9. The molecule has 2 aromatic carbocycles. The van der Waals surface area contributed by atoms with Crippen molar-refractivity contribution in [2.45, 2.75) is 65.2 Å². The number of carboxylic acids is 1. The summed E-state index contributed by atoms with van der Waals surface area (Å²) in [5, 5.41) is 18.0. The Bertz CT molecular complexity index is 1180. The van der Waals surface area contributed by atoms with Crippen LogP contribution in [0.15, 0.2) is 66.8 Å². The number of carbonyl (C=O) groups is 1. The number of hydrogen-bond acceptors (Lipinski definition) is 6. The molecule has 0 amide bonds. The molecule has 0 atom stereocenters. The van der Waals surface area contributed by atoms with Gasteiger partial charge in [-0.25, -0.2) is 4.79 Å². The van der Waals surface area contributed by atoms with Gasteiger partial charge in [-0.3, -0.25) is 0 Å². The van der Waals surface area contributed by atoms with Crippen LogP contribution in [-0.4, -0.2) is 22.6 Å². The van der Waals surface area contributed by atoms with Crippen molar-refractivity contribution in [1.29, 1.82) is 5.26 Å². The summed E-state index contributed by atoms with van der Waals surface area (Å²) in [7, 11) is 0. The molecule has 0 saturated carbocycles. The quantitative estimate of drug-likeness (QED) is 0.118. The maximum atomic E-state index is 11.1. The van der Waals surface area contributed by atoms with Crippen LogP contribution in [-0.2, 0) is 4.79 Å². The predicted molar refractivity (Wildman–Crippen MR) is 176 cm³/mol. The topological polar surface area (TPSA) is 61.1 Å². The monoisotopic (exact) mass is 595 g/mol. The van der Waals surface area contributed by atoms with Crippen LogP contribution in [0.3, 0.4) is 0 Å². The largest absolute Gasteiger partial charge is 0.477 e. The zero-order valence-corrected chi connectivity index (χ0v) is 26.0. The molecule has 1 aliphatic rings. The molecule has 3 rings (SSSR count). The highest BCUT2D eigenvalue weighted by Crippen LogP contribution is 2.58. The van der Waals surface area contributed by atoms with Crippen molar-refractivity contribution >= 4 is 65.2 Å². The van der Waals surface area contributed by atoms with Crippen molar-refractivity contribution in [1.82, 2.24) is 0 Å². The van der Waals surface area contributed by atoms with Crippen molar-refractivity contribution in [3.63, 3.8) is 0 Å². The van der Waals surface area contributed by atoms with Gasteiger partial charge in [-0.1, -0.05) is 124 Å². The third-order valence-corrected chi connectivity index (χ3v) is 11.7. The summed E-state index contributed by atoms with van der Waals surface area (Å²) in [6.45, 7) is 4.53. The van der Waals surface area contributed by atoms with Gasteiger partial charge in [0.25, 0.3) is 0 Å². The van der Waals surface area contributed by atoms with Crippen LogP contribution < -0.4 is 0 Å². The van der Waals surface area contributed by atoms with Crippen LogP contribution >= 0.6 is 47.0 Å². The molecule has 7 heteroatoms. The van der Waals surface area contributed by atoms with Crippen LogP contribution in [0.2, 0.25) is 0 Å². The Balaban J connectivity index is 1.63.